The molecule has 8 heteroatoms. The van der Waals surface area contributed by atoms with Gasteiger partial charge in [-0.05, 0) is 30.2 Å². The van der Waals surface area contributed by atoms with Gasteiger partial charge < -0.3 is 10.4 Å². The minimum atomic E-state index is -4.41. The highest BCUT2D eigenvalue weighted by atomic mass is 19.4. The van der Waals surface area contributed by atoms with Gasteiger partial charge in [-0.25, -0.2) is 9.50 Å². The van der Waals surface area contributed by atoms with Crippen LogP contribution in [0.25, 0.3) is 16.9 Å². The summed E-state index contributed by atoms with van der Waals surface area (Å²) in [5, 5.41) is 17.0. The van der Waals surface area contributed by atoms with Gasteiger partial charge in [-0.2, -0.15) is 13.2 Å². The zero-order chi connectivity index (χ0) is 18.9. The summed E-state index contributed by atoms with van der Waals surface area (Å²) in [6.07, 6.45) is -2.92. The van der Waals surface area contributed by atoms with Crippen LogP contribution in [0.3, 0.4) is 0 Å². The molecule has 0 bridgehead atoms. The Morgan fingerprint density at radius 1 is 1.19 bits per heavy atom. The summed E-state index contributed by atoms with van der Waals surface area (Å²) in [6, 6.07) is 8.33. The molecule has 26 heavy (non-hydrogen) atoms. The van der Waals surface area contributed by atoms with Crippen LogP contribution in [-0.2, 0) is 6.18 Å². The lowest BCUT2D eigenvalue weighted by molar-refractivity contribution is -0.137. The van der Waals surface area contributed by atoms with Crippen LogP contribution >= 0.6 is 0 Å². The van der Waals surface area contributed by atoms with Crippen LogP contribution in [-0.4, -0.2) is 32.4 Å². The number of fused-ring (bicyclic) bond motifs is 1. The molecule has 0 aliphatic rings. The molecular weight excluding hydrogens is 345 g/mol. The highest BCUT2D eigenvalue weighted by molar-refractivity contribution is 5.64. The number of hydrogen-bond acceptors (Lipinski definition) is 4. The topological polar surface area (TPSA) is 62.5 Å². The predicted octanol–water partition coefficient (Wildman–Crippen LogP) is 3.84. The van der Waals surface area contributed by atoms with Crippen molar-refractivity contribution in [2.45, 2.75) is 26.1 Å². The van der Waals surface area contributed by atoms with Crippen molar-refractivity contribution in [1.29, 1.82) is 0 Å². The molecule has 138 valence electrons. The van der Waals surface area contributed by atoms with Crippen LogP contribution in [0.5, 0.6) is 0 Å². The van der Waals surface area contributed by atoms with Crippen molar-refractivity contribution in [3.63, 3.8) is 0 Å². The second-order valence-corrected chi connectivity index (χ2v) is 6.39. The van der Waals surface area contributed by atoms with E-state index in [-0.39, 0.29) is 18.6 Å². The Balaban J connectivity index is 2.01. The Morgan fingerprint density at radius 3 is 2.62 bits per heavy atom. The van der Waals surface area contributed by atoms with Crippen molar-refractivity contribution >= 4 is 11.5 Å². The number of alkyl halides is 3. The van der Waals surface area contributed by atoms with Crippen molar-refractivity contribution in [3.8, 4) is 11.3 Å². The van der Waals surface area contributed by atoms with Crippen LogP contribution in [0, 0.1) is 5.92 Å². The number of anilines is 1. The molecule has 5 nitrogen and oxygen atoms in total. The molecular formula is C18H19F3N4O. The molecule has 0 spiro atoms. The summed E-state index contributed by atoms with van der Waals surface area (Å²) < 4.78 is 40.4. The van der Waals surface area contributed by atoms with E-state index in [0.717, 1.165) is 12.1 Å². The van der Waals surface area contributed by atoms with Gasteiger partial charge in [0.05, 0.1) is 30.1 Å². The molecule has 0 saturated carbocycles. The number of rotatable bonds is 5. The predicted molar refractivity (Wildman–Crippen MR) is 92.8 cm³/mol. The van der Waals surface area contributed by atoms with E-state index in [0.29, 0.717) is 22.7 Å². The van der Waals surface area contributed by atoms with E-state index in [9.17, 15) is 18.3 Å². The fourth-order valence-electron chi connectivity index (χ4n) is 2.62. The summed E-state index contributed by atoms with van der Waals surface area (Å²) in [5.41, 5.74) is 0.631. The van der Waals surface area contributed by atoms with Gasteiger partial charge in [-0.1, -0.05) is 26.0 Å². The third-order valence-electron chi connectivity index (χ3n) is 4.18. The second kappa shape index (κ2) is 6.95. The zero-order valence-corrected chi connectivity index (χ0v) is 14.3. The molecule has 0 radical (unpaired) electrons. The molecule has 0 amide bonds. The van der Waals surface area contributed by atoms with Crippen LogP contribution in [0.4, 0.5) is 19.0 Å². The Bertz CT molecular complexity index is 905. The van der Waals surface area contributed by atoms with Crippen LogP contribution in [0.2, 0.25) is 0 Å². The first-order chi connectivity index (χ1) is 12.3. The number of nitrogens with one attached hydrogen (secondary N) is 1. The van der Waals surface area contributed by atoms with Crippen molar-refractivity contribution in [3.05, 3.63) is 48.2 Å². The van der Waals surface area contributed by atoms with Gasteiger partial charge in [-0.3, -0.25) is 0 Å². The summed E-state index contributed by atoms with van der Waals surface area (Å²) >= 11 is 0. The Labute approximate surface area is 148 Å². The lowest BCUT2D eigenvalue weighted by Gasteiger charge is -2.20. The lowest BCUT2D eigenvalue weighted by Crippen LogP contribution is -2.30. The molecule has 0 saturated heterocycles. The van der Waals surface area contributed by atoms with Crippen LogP contribution < -0.4 is 5.32 Å². The number of halogens is 3. The van der Waals surface area contributed by atoms with E-state index in [1.807, 2.05) is 13.8 Å². The van der Waals surface area contributed by atoms with Gasteiger partial charge in [0.2, 0.25) is 0 Å². The normalized spacial score (nSPS) is 13.3. The SMILES string of the molecule is CC(C)[C@@H](CO)Nc1ccc2ncc(-c3cccc(C(F)(F)F)c3)n2n1. The summed E-state index contributed by atoms with van der Waals surface area (Å²) in [7, 11) is 0. The molecule has 1 atom stereocenters. The van der Waals surface area contributed by atoms with Crippen LogP contribution in [0.1, 0.15) is 19.4 Å². The summed E-state index contributed by atoms with van der Waals surface area (Å²) in [5.74, 6) is 0.694. The van der Waals surface area contributed by atoms with Gasteiger partial charge in [0.25, 0.3) is 0 Å². The van der Waals surface area contributed by atoms with Gasteiger partial charge >= 0.3 is 6.18 Å². The molecule has 3 aromatic rings. The third-order valence-corrected chi connectivity index (χ3v) is 4.18. The monoisotopic (exact) mass is 364 g/mol. The highest BCUT2D eigenvalue weighted by Crippen LogP contribution is 2.32. The number of aliphatic hydroxyl groups excluding tert-OH is 1. The van der Waals surface area contributed by atoms with Crippen LogP contribution in [0.15, 0.2) is 42.6 Å². The molecule has 1 aromatic carbocycles. The minimum absolute atomic E-state index is 0.0538. The average molecular weight is 364 g/mol. The first-order valence-corrected chi connectivity index (χ1v) is 8.19. The van der Waals surface area contributed by atoms with E-state index in [1.54, 1.807) is 18.2 Å². The smallest absolute Gasteiger partial charge is 0.394 e. The quantitative estimate of drug-likeness (QED) is 0.722. The van der Waals surface area contributed by atoms with Crippen molar-refractivity contribution in [2.24, 2.45) is 5.92 Å². The molecule has 2 aromatic heterocycles. The second-order valence-electron chi connectivity index (χ2n) is 6.39. The van der Waals surface area contributed by atoms with E-state index >= 15 is 0 Å². The number of benzene rings is 1. The Kier molecular flexibility index (Phi) is 4.86. The average Bonchev–Trinajstić information content (AvgIpc) is 3.02. The van der Waals surface area contributed by atoms with E-state index in [1.165, 1.54) is 16.8 Å². The van der Waals surface area contributed by atoms with E-state index < -0.39 is 11.7 Å². The number of imidazole rings is 1. The Morgan fingerprint density at radius 2 is 1.96 bits per heavy atom. The minimum Gasteiger partial charge on any atom is -0.394 e. The first kappa shape index (κ1) is 18.2. The van der Waals surface area contributed by atoms with Gasteiger partial charge in [-0.15, -0.1) is 5.10 Å². The molecule has 0 unspecified atom stereocenters. The molecule has 0 aliphatic carbocycles. The standard InChI is InChI=1S/C18H19F3N4O/c1-11(2)14(10-26)23-16-6-7-17-22-9-15(25(17)24-16)12-4-3-5-13(8-12)18(19,20)21/h3-9,11,14,26H,10H2,1-2H3,(H,23,24)/t14-/m1/s1. The molecule has 0 aliphatic heterocycles. The fourth-order valence-corrected chi connectivity index (χ4v) is 2.62. The molecule has 2 N–H and O–H groups in total. The Hall–Kier alpha value is -2.61. The largest absolute Gasteiger partial charge is 0.416 e. The van der Waals surface area contributed by atoms with Gasteiger partial charge in [0.1, 0.15) is 5.82 Å². The van der Waals surface area contributed by atoms with Crippen molar-refractivity contribution in [2.75, 3.05) is 11.9 Å². The van der Waals surface area contributed by atoms with E-state index in [4.69, 9.17) is 0 Å². The summed E-state index contributed by atoms with van der Waals surface area (Å²) in [6.45, 7) is 3.89. The maximum Gasteiger partial charge on any atom is 0.416 e. The number of aliphatic hydroxyl groups is 1. The van der Waals surface area contributed by atoms with Crippen molar-refractivity contribution in [1.82, 2.24) is 14.6 Å². The number of hydrogen-bond donors (Lipinski definition) is 2. The number of aromatic nitrogens is 3. The molecule has 3 rings (SSSR count). The lowest BCUT2D eigenvalue weighted by atomic mass is 10.1. The summed E-state index contributed by atoms with van der Waals surface area (Å²) in [4.78, 5) is 4.20. The maximum atomic E-state index is 13.0. The fraction of sp³-hybridized carbons (Fsp3) is 0.333. The van der Waals surface area contributed by atoms with Gasteiger partial charge in [0.15, 0.2) is 5.65 Å². The zero-order valence-electron chi connectivity index (χ0n) is 14.3. The number of nitrogens with zero attached hydrogens (tertiary/aromatic N) is 3. The highest BCUT2D eigenvalue weighted by Gasteiger charge is 2.30. The van der Waals surface area contributed by atoms with Crippen molar-refractivity contribution < 1.29 is 18.3 Å². The third kappa shape index (κ3) is 3.65. The maximum absolute atomic E-state index is 13.0. The van der Waals surface area contributed by atoms with E-state index in [2.05, 4.69) is 15.4 Å². The molecule has 2 heterocycles. The molecule has 0 fully saturated rings. The first-order valence-electron chi connectivity index (χ1n) is 8.19. The van der Waals surface area contributed by atoms with Gasteiger partial charge in [0, 0.05) is 5.56 Å².